The SMILES string of the molecule is COc1ccc(CC(=O)NCCNC(=O)COc2ccc(C)cc2)cc1OC. The zero-order chi connectivity index (χ0) is 20.4. The van der Waals surface area contributed by atoms with E-state index < -0.39 is 0 Å². The van der Waals surface area contributed by atoms with Crippen molar-refractivity contribution in [3.05, 3.63) is 53.6 Å². The van der Waals surface area contributed by atoms with E-state index >= 15 is 0 Å². The first-order chi connectivity index (χ1) is 13.5. The number of hydrogen-bond acceptors (Lipinski definition) is 5. The van der Waals surface area contributed by atoms with Crippen LogP contribution in [0.1, 0.15) is 11.1 Å². The first kappa shape index (κ1) is 21.1. The lowest BCUT2D eigenvalue weighted by Gasteiger charge is -2.10. The van der Waals surface area contributed by atoms with E-state index in [0.717, 1.165) is 11.1 Å². The Bertz CT molecular complexity index is 790. The summed E-state index contributed by atoms with van der Waals surface area (Å²) in [6.45, 7) is 2.58. The van der Waals surface area contributed by atoms with Gasteiger partial charge in [0.05, 0.1) is 20.6 Å². The molecule has 0 saturated carbocycles. The van der Waals surface area contributed by atoms with E-state index in [1.807, 2.05) is 37.3 Å². The van der Waals surface area contributed by atoms with E-state index in [1.165, 1.54) is 0 Å². The molecular formula is C21H26N2O5. The highest BCUT2D eigenvalue weighted by molar-refractivity contribution is 5.79. The van der Waals surface area contributed by atoms with Gasteiger partial charge in [0.1, 0.15) is 5.75 Å². The molecule has 0 unspecified atom stereocenters. The quantitative estimate of drug-likeness (QED) is 0.609. The molecule has 0 aliphatic carbocycles. The maximum absolute atomic E-state index is 12.0. The number of amides is 2. The van der Waals surface area contributed by atoms with Crippen LogP contribution in [0.15, 0.2) is 42.5 Å². The van der Waals surface area contributed by atoms with Gasteiger partial charge in [-0.1, -0.05) is 23.8 Å². The molecule has 0 radical (unpaired) electrons. The molecule has 28 heavy (non-hydrogen) atoms. The topological polar surface area (TPSA) is 85.9 Å². The Morgan fingerprint density at radius 1 is 0.857 bits per heavy atom. The van der Waals surface area contributed by atoms with Crippen molar-refractivity contribution in [2.45, 2.75) is 13.3 Å². The predicted octanol–water partition coefficient (Wildman–Crippen LogP) is 1.87. The Morgan fingerprint density at radius 2 is 1.50 bits per heavy atom. The molecule has 2 rings (SSSR count). The first-order valence-corrected chi connectivity index (χ1v) is 8.95. The fourth-order valence-electron chi connectivity index (χ4n) is 2.48. The van der Waals surface area contributed by atoms with Crippen LogP contribution in [-0.2, 0) is 16.0 Å². The fraction of sp³-hybridized carbons (Fsp3) is 0.333. The van der Waals surface area contributed by atoms with Crippen LogP contribution in [0.5, 0.6) is 17.2 Å². The van der Waals surface area contributed by atoms with Gasteiger partial charge in [-0.2, -0.15) is 0 Å². The van der Waals surface area contributed by atoms with Crippen LogP contribution in [0.3, 0.4) is 0 Å². The molecule has 0 atom stereocenters. The molecule has 0 saturated heterocycles. The molecule has 0 aromatic heterocycles. The number of benzene rings is 2. The van der Waals surface area contributed by atoms with Crippen LogP contribution in [0.25, 0.3) is 0 Å². The number of hydrogen-bond donors (Lipinski definition) is 2. The number of carbonyl (C=O) groups is 2. The molecule has 2 N–H and O–H groups in total. The molecule has 7 heteroatoms. The Hall–Kier alpha value is -3.22. The van der Waals surface area contributed by atoms with Crippen molar-refractivity contribution >= 4 is 11.8 Å². The van der Waals surface area contributed by atoms with Crippen molar-refractivity contribution < 1.29 is 23.8 Å². The van der Waals surface area contributed by atoms with Gasteiger partial charge in [0, 0.05) is 13.1 Å². The van der Waals surface area contributed by atoms with Crippen molar-refractivity contribution in [2.24, 2.45) is 0 Å². The van der Waals surface area contributed by atoms with E-state index in [4.69, 9.17) is 14.2 Å². The van der Waals surface area contributed by atoms with Crippen LogP contribution in [0.2, 0.25) is 0 Å². The first-order valence-electron chi connectivity index (χ1n) is 8.95. The second kappa shape index (κ2) is 10.8. The van der Waals surface area contributed by atoms with Gasteiger partial charge in [0.2, 0.25) is 5.91 Å². The molecule has 2 amide bonds. The number of nitrogens with one attached hydrogen (secondary N) is 2. The zero-order valence-corrected chi connectivity index (χ0v) is 16.4. The maximum atomic E-state index is 12.0. The molecule has 2 aromatic carbocycles. The van der Waals surface area contributed by atoms with Crippen molar-refractivity contribution in [1.82, 2.24) is 10.6 Å². The second-order valence-electron chi connectivity index (χ2n) is 6.17. The lowest BCUT2D eigenvalue weighted by molar-refractivity contribution is -0.124. The van der Waals surface area contributed by atoms with Crippen LogP contribution >= 0.6 is 0 Å². The van der Waals surface area contributed by atoms with Gasteiger partial charge in [-0.3, -0.25) is 9.59 Å². The van der Waals surface area contributed by atoms with E-state index in [9.17, 15) is 9.59 Å². The van der Waals surface area contributed by atoms with Crippen molar-refractivity contribution in [1.29, 1.82) is 0 Å². The van der Waals surface area contributed by atoms with Crippen molar-refractivity contribution in [2.75, 3.05) is 33.9 Å². The highest BCUT2D eigenvalue weighted by atomic mass is 16.5. The molecule has 7 nitrogen and oxygen atoms in total. The highest BCUT2D eigenvalue weighted by Gasteiger charge is 2.08. The number of aryl methyl sites for hydroxylation is 1. The van der Waals surface area contributed by atoms with Gasteiger partial charge in [-0.15, -0.1) is 0 Å². The molecular weight excluding hydrogens is 360 g/mol. The average molecular weight is 386 g/mol. The molecule has 0 heterocycles. The van der Waals surface area contributed by atoms with E-state index in [1.54, 1.807) is 26.4 Å². The normalized spacial score (nSPS) is 10.1. The van der Waals surface area contributed by atoms with E-state index in [-0.39, 0.29) is 24.8 Å². The third kappa shape index (κ3) is 6.83. The highest BCUT2D eigenvalue weighted by Crippen LogP contribution is 2.27. The summed E-state index contributed by atoms with van der Waals surface area (Å²) in [5.41, 5.74) is 1.94. The lowest BCUT2D eigenvalue weighted by Crippen LogP contribution is -2.37. The molecule has 0 aliphatic heterocycles. The largest absolute Gasteiger partial charge is 0.493 e. The summed E-state index contributed by atoms with van der Waals surface area (Å²) in [6.07, 6.45) is 0.213. The minimum Gasteiger partial charge on any atom is -0.493 e. The Kier molecular flexibility index (Phi) is 8.14. The third-order valence-corrected chi connectivity index (χ3v) is 3.97. The van der Waals surface area contributed by atoms with Crippen molar-refractivity contribution in [3.8, 4) is 17.2 Å². The summed E-state index contributed by atoms with van der Waals surface area (Å²) in [6, 6.07) is 12.8. The number of rotatable bonds is 10. The summed E-state index contributed by atoms with van der Waals surface area (Å²) in [4.78, 5) is 23.8. The molecule has 0 aliphatic rings. The van der Waals surface area contributed by atoms with Crippen LogP contribution in [-0.4, -0.2) is 45.7 Å². The number of methoxy groups -OCH3 is 2. The van der Waals surface area contributed by atoms with E-state index in [0.29, 0.717) is 30.3 Å². The third-order valence-electron chi connectivity index (χ3n) is 3.97. The Morgan fingerprint density at radius 3 is 2.14 bits per heavy atom. The minimum atomic E-state index is -0.241. The molecule has 0 spiro atoms. The fourth-order valence-corrected chi connectivity index (χ4v) is 2.48. The minimum absolute atomic E-state index is 0.0668. The number of carbonyl (C=O) groups excluding carboxylic acids is 2. The summed E-state index contributed by atoms with van der Waals surface area (Å²) in [7, 11) is 3.11. The van der Waals surface area contributed by atoms with Gasteiger partial charge in [0.25, 0.3) is 5.91 Å². The summed E-state index contributed by atoms with van der Waals surface area (Å²) >= 11 is 0. The molecule has 0 bridgehead atoms. The summed E-state index contributed by atoms with van der Waals surface area (Å²) in [5, 5.41) is 5.47. The monoisotopic (exact) mass is 386 g/mol. The summed E-state index contributed by atoms with van der Waals surface area (Å²) < 4.78 is 15.8. The van der Waals surface area contributed by atoms with Gasteiger partial charge < -0.3 is 24.8 Å². The summed E-state index contributed by atoms with van der Waals surface area (Å²) in [5.74, 6) is 1.45. The standard InChI is InChI=1S/C21H26N2O5/c1-15-4-7-17(8-5-15)28-14-21(25)23-11-10-22-20(24)13-16-6-9-18(26-2)19(12-16)27-3/h4-9,12H,10-11,13-14H2,1-3H3,(H,22,24)(H,23,25). The Labute approximate surface area is 165 Å². The zero-order valence-electron chi connectivity index (χ0n) is 16.4. The van der Waals surface area contributed by atoms with Crippen LogP contribution < -0.4 is 24.8 Å². The van der Waals surface area contributed by atoms with Crippen molar-refractivity contribution in [3.63, 3.8) is 0 Å². The number of ether oxygens (including phenoxy) is 3. The molecule has 150 valence electrons. The Balaban J connectivity index is 1.65. The molecule has 0 fully saturated rings. The lowest BCUT2D eigenvalue weighted by atomic mass is 10.1. The average Bonchev–Trinajstić information content (AvgIpc) is 2.70. The molecule has 2 aromatic rings. The van der Waals surface area contributed by atoms with E-state index in [2.05, 4.69) is 10.6 Å². The van der Waals surface area contributed by atoms with Crippen LogP contribution in [0.4, 0.5) is 0 Å². The van der Waals surface area contributed by atoms with Crippen LogP contribution in [0, 0.1) is 6.92 Å². The van der Waals surface area contributed by atoms with Gasteiger partial charge in [-0.25, -0.2) is 0 Å². The van der Waals surface area contributed by atoms with Gasteiger partial charge >= 0.3 is 0 Å². The second-order valence-corrected chi connectivity index (χ2v) is 6.17. The smallest absolute Gasteiger partial charge is 0.258 e. The van der Waals surface area contributed by atoms with Gasteiger partial charge in [-0.05, 0) is 36.8 Å². The maximum Gasteiger partial charge on any atom is 0.258 e. The predicted molar refractivity (Wildman–Crippen MR) is 106 cm³/mol. The van der Waals surface area contributed by atoms with Gasteiger partial charge in [0.15, 0.2) is 18.1 Å².